The van der Waals surface area contributed by atoms with Crippen LogP contribution in [-0.4, -0.2) is 26.1 Å². The van der Waals surface area contributed by atoms with Crippen molar-refractivity contribution in [2.75, 3.05) is 5.32 Å². The van der Waals surface area contributed by atoms with Crippen LogP contribution < -0.4 is 5.32 Å². The minimum Gasteiger partial charge on any atom is -0.460 e. The molecule has 1 N–H and O–H groups in total. The van der Waals surface area contributed by atoms with Crippen LogP contribution in [-0.2, 0) is 11.2 Å². The number of aromatic nitrogens is 4. The van der Waals surface area contributed by atoms with Crippen molar-refractivity contribution in [3.05, 3.63) is 72.3 Å². The predicted molar refractivity (Wildman–Crippen MR) is 102 cm³/mol. The summed E-state index contributed by atoms with van der Waals surface area (Å²) in [6.45, 7) is 2.03. The molecule has 0 saturated heterocycles. The van der Waals surface area contributed by atoms with Crippen molar-refractivity contribution in [3.8, 4) is 5.69 Å². The van der Waals surface area contributed by atoms with E-state index in [1.54, 1.807) is 22.9 Å². The highest BCUT2D eigenvalue weighted by molar-refractivity contribution is 6.03. The lowest BCUT2D eigenvalue weighted by Gasteiger charge is -2.04. The van der Waals surface area contributed by atoms with E-state index in [1.165, 1.54) is 12.4 Å². The summed E-state index contributed by atoms with van der Waals surface area (Å²) in [5.74, 6) is 0.656. The topological polar surface area (TPSA) is 85.8 Å². The van der Waals surface area contributed by atoms with Crippen LogP contribution in [0.15, 0.2) is 65.4 Å². The lowest BCUT2D eigenvalue weighted by atomic mass is 10.1. The minimum atomic E-state index is -0.211. The number of carbonyl (C=O) groups is 1. The van der Waals surface area contributed by atoms with E-state index in [0.717, 1.165) is 34.4 Å². The van der Waals surface area contributed by atoms with Gasteiger partial charge in [-0.2, -0.15) is 0 Å². The number of nitrogens with one attached hydrogen (secondary N) is 1. The number of para-hydroxylation sites is 1. The molecule has 2 aromatic heterocycles. The summed E-state index contributed by atoms with van der Waals surface area (Å²) in [4.78, 5) is 12.3. The van der Waals surface area contributed by atoms with Crippen LogP contribution in [0.2, 0.25) is 0 Å². The number of carbonyl (C=O) groups excluding carboxylic acids is 1. The molecule has 0 aliphatic heterocycles. The molecule has 0 saturated carbocycles. The Morgan fingerprint density at radius 3 is 2.74 bits per heavy atom. The Morgan fingerprint density at radius 1 is 1.19 bits per heavy atom. The van der Waals surface area contributed by atoms with Gasteiger partial charge in [-0.05, 0) is 46.8 Å². The van der Waals surface area contributed by atoms with Gasteiger partial charge >= 0.3 is 0 Å². The number of anilines is 1. The molecule has 0 aliphatic rings. The summed E-state index contributed by atoms with van der Waals surface area (Å²) in [6.07, 6.45) is 5.59. The monoisotopic (exact) mass is 359 g/mol. The Kier molecular flexibility index (Phi) is 4.49. The SMILES string of the molecule is CCc1oc2ccccc2c1/C=C/C(=O)Nc1ccc(-n2cnnn2)cc1. The standard InChI is InChI=1S/C20H17N5O2/c1-2-18-17(16-5-3-4-6-19(16)27-18)11-12-20(26)22-14-7-9-15(10-8-14)25-13-21-23-24-25/h3-13H,2H2,1H3,(H,22,26)/b12-11+. The Bertz CT molecular complexity index is 1100. The van der Waals surface area contributed by atoms with E-state index in [2.05, 4.69) is 20.8 Å². The van der Waals surface area contributed by atoms with Crippen LogP contribution in [0.25, 0.3) is 22.7 Å². The lowest BCUT2D eigenvalue weighted by molar-refractivity contribution is -0.111. The number of aryl methyl sites for hydroxylation is 1. The van der Waals surface area contributed by atoms with Gasteiger partial charge in [0.1, 0.15) is 17.7 Å². The maximum atomic E-state index is 12.3. The van der Waals surface area contributed by atoms with Gasteiger partial charge in [-0.25, -0.2) is 4.68 Å². The molecule has 27 heavy (non-hydrogen) atoms. The Labute approximate surface area is 155 Å². The first-order valence-electron chi connectivity index (χ1n) is 8.57. The molecule has 0 spiro atoms. The third-order valence-electron chi connectivity index (χ3n) is 4.18. The number of hydrogen-bond donors (Lipinski definition) is 1. The molecule has 4 rings (SSSR count). The van der Waals surface area contributed by atoms with Crippen LogP contribution in [0.1, 0.15) is 18.2 Å². The van der Waals surface area contributed by atoms with Gasteiger partial charge in [-0.15, -0.1) is 5.10 Å². The van der Waals surface area contributed by atoms with Gasteiger partial charge in [-0.3, -0.25) is 4.79 Å². The first kappa shape index (κ1) is 16.7. The van der Waals surface area contributed by atoms with Gasteiger partial charge in [0.15, 0.2) is 0 Å². The van der Waals surface area contributed by atoms with Gasteiger partial charge < -0.3 is 9.73 Å². The van der Waals surface area contributed by atoms with Crippen molar-refractivity contribution in [3.63, 3.8) is 0 Å². The highest BCUT2D eigenvalue weighted by Gasteiger charge is 2.10. The van der Waals surface area contributed by atoms with Gasteiger partial charge in [0.2, 0.25) is 5.91 Å². The summed E-state index contributed by atoms with van der Waals surface area (Å²) in [5.41, 5.74) is 3.27. The van der Waals surface area contributed by atoms with Crippen molar-refractivity contribution in [2.24, 2.45) is 0 Å². The number of hydrogen-bond acceptors (Lipinski definition) is 5. The second kappa shape index (κ2) is 7.25. The largest absolute Gasteiger partial charge is 0.460 e. The van der Waals surface area contributed by atoms with E-state index in [4.69, 9.17) is 4.42 Å². The molecular formula is C20H17N5O2. The van der Waals surface area contributed by atoms with E-state index >= 15 is 0 Å². The molecule has 0 radical (unpaired) electrons. The van der Waals surface area contributed by atoms with Crippen LogP contribution in [0, 0.1) is 0 Å². The molecule has 0 bridgehead atoms. The molecule has 0 unspecified atom stereocenters. The second-order valence-electron chi connectivity index (χ2n) is 5.91. The third kappa shape index (κ3) is 3.48. The van der Waals surface area contributed by atoms with E-state index < -0.39 is 0 Å². The lowest BCUT2D eigenvalue weighted by Crippen LogP contribution is -2.07. The Hall–Kier alpha value is -3.74. The average molecular weight is 359 g/mol. The van der Waals surface area contributed by atoms with Gasteiger partial charge in [0, 0.05) is 29.1 Å². The number of nitrogens with zero attached hydrogens (tertiary/aromatic N) is 4. The van der Waals surface area contributed by atoms with Gasteiger partial charge in [-0.1, -0.05) is 25.1 Å². The van der Waals surface area contributed by atoms with Crippen molar-refractivity contribution < 1.29 is 9.21 Å². The number of rotatable bonds is 5. The molecule has 134 valence electrons. The van der Waals surface area contributed by atoms with Crippen molar-refractivity contribution in [2.45, 2.75) is 13.3 Å². The predicted octanol–water partition coefficient (Wildman–Crippen LogP) is 3.62. The summed E-state index contributed by atoms with van der Waals surface area (Å²) >= 11 is 0. The summed E-state index contributed by atoms with van der Waals surface area (Å²) < 4.78 is 7.39. The van der Waals surface area contributed by atoms with Crippen molar-refractivity contribution in [1.29, 1.82) is 0 Å². The van der Waals surface area contributed by atoms with E-state index in [1.807, 2.05) is 43.3 Å². The second-order valence-corrected chi connectivity index (χ2v) is 5.91. The number of fused-ring (bicyclic) bond motifs is 1. The van der Waals surface area contributed by atoms with Crippen molar-refractivity contribution in [1.82, 2.24) is 20.2 Å². The quantitative estimate of drug-likeness (QED) is 0.550. The summed E-state index contributed by atoms with van der Waals surface area (Å²) in [6, 6.07) is 15.1. The number of tetrazole rings is 1. The molecule has 0 fully saturated rings. The fourth-order valence-corrected chi connectivity index (χ4v) is 2.88. The highest BCUT2D eigenvalue weighted by atomic mass is 16.3. The molecular weight excluding hydrogens is 342 g/mol. The molecule has 0 atom stereocenters. The average Bonchev–Trinajstić information content (AvgIpc) is 3.35. The molecule has 7 heteroatoms. The zero-order valence-corrected chi connectivity index (χ0v) is 14.7. The van der Waals surface area contributed by atoms with Crippen LogP contribution in [0.3, 0.4) is 0 Å². The molecule has 2 aromatic carbocycles. The zero-order chi connectivity index (χ0) is 18.6. The zero-order valence-electron chi connectivity index (χ0n) is 14.7. The summed E-state index contributed by atoms with van der Waals surface area (Å²) in [7, 11) is 0. The van der Waals surface area contributed by atoms with Gasteiger partial charge in [0.25, 0.3) is 0 Å². The number of benzene rings is 2. The maximum absolute atomic E-state index is 12.3. The molecule has 7 nitrogen and oxygen atoms in total. The first-order valence-corrected chi connectivity index (χ1v) is 8.57. The maximum Gasteiger partial charge on any atom is 0.248 e. The Balaban J connectivity index is 1.50. The van der Waals surface area contributed by atoms with Crippen LogP contribution in [0.4, 0.5) is 5.69 Å². The highest BCUT2D eigenvalue weighted by Crippen LogP contribution is 2.27. The van der Waals surface area contributed by atoms with Crippen LogP contribution in [0.5, 0.6) is 0 Å². The van der Waals surface area contributed by atoms with E-state index in [9.17, 15) is 4.79 Å². The molecule has 0 aliphatic carbocycles. The minimum absolute atomic E-state index is 0.211. The van der Waals surface area contributed by atoms with Crippen molar-refractivity contribution >= 4 is 28.6 Å². The fraction of sp³-hybridized carbons (Fsp3) is 0.100. The molecule has 4 aromatic rings. The smallest absolute Gasteiger partial charge is 0.248 e. The Morgan fingerprint density at radius 2 is 2.00 bits per heavy atom. The van der Waals surface area contributed by atoms with Gasteiger partial charge in [0.05, 0.1) is 5.69 Å². The number of amides is 1. The van der Waals surface area contributed by atoms with Crippen LogP contribution >= 0.6 is 0 Å². The number of furan rings is 1. The summed E-state index contributed by atoms with van der Waals surface area (Å²) in [5, 5.41) is 14.9. The normalized spacial score (nSPS) is 11.3. The van der Waals surface area contributed by atoms with E-state index in [0.29, 0.717) is 5.69 Å². The fourth-order valence-electron chi connectivity index (χ4n) is 2.88. The molecule has 1 amide bonds. The van der Waals surface area contributed by atoms with E-state index in [-0.39, 0.29) is 5.91 Å². The third-order valence-corrected chi connectivity index (χ3v) is 4.18. The molecule has 2 heterocycles. The first-order chi connectivity index (χ1) is 13.2.